The quantitative estimate of drug-likeness (QED) is 0.213. The summed E-state index contributed by atoms with van der Waals surface area (Å²) in [6.45, 7) is 0. The summed E-state index contributed by atoms with van der Waals surface area (Å²) in [6, 6.07) is 47.3. The van der Waals surface area contributed by atoms with Gasteiger partial charge in [-0.15, -0.1) is 0 Å². The Balaban J connectivity index is 1.45. The number of para-hydroxylation sites is 2. The van der Waals surface area contributed by atoms with Gasteiger partial charge in [0.1, 0.15) is 0 Å². The van der Waals surface area contributed by atoms with Crippen molar-refractivity contribution in [2.24, 2.45) is 0 Å². The molecule has 0 aliphatic heterocycles. The van der Waals surface area contributed by atoms with Gasteiger partial charge in [-0.1, -0.05) is 109 Å². The standard InChI is InChI=1S/C40H30N4/c1-4-14-27(15-5-1)34-26-35(28-16-6-2-7-17-28)42-40(41-34)44-37-23-13-11-21-31(37)33-25-24-32-30-20-10-12-22-36(30)43(38(32)39(33)44)29-18-8-3-9-19-29/h1-10,12,14-20,22,24-26H,11,13,21,23H2. The average molecular weight is 567 g/mol. The molecule has 210 valence electrons. The maximum absolute atomic E-state index is 5.34. The van der Waals surface area contributed by atoms with Crippen LogP contribution in [0, 0.1) is 0 Å². The molecule has 0 saturated carbocycles. The second-order valence-electron chi connectivity index (χ2n) is 11.7. The van der Waals surface area contributed by atoms with E-state index in [1.807, 2.05) is 0 Å². The Morgan fingerprint density at radius 3 is 1.75 bits per heavy atom. The minimum Gasteiger partial charge on any atom is -0.307 e. The van der Waals surface area contributed by atoms with Crippen LogP contribution in [0.2, 0.25) is 0 Å². The van der Waals surface area contributed by atoms with Crippen LogP contribution in [0.1, 0.15) is 24.1 Å². The van der Waals surface area contributed by atoms with Crippen LogP contribution in [-0.2, 0) is 12.8 Å². The summed E-state index contributed by atoms with van der Waals surface area (Å²) in [5.74, 6) is 0.732. The number of aromatic nitrogens is 4. The Morgan fingerprint density at radius 2 is 1.05 bits per heavy atom. The van der Waals surface area contributed by atoms with Crippen molar-refractivity contribution in [2.75, 3.05) is 0 Å². The normalized spacial score (nSPS) is 13.1. The van der Waals surface area contributed by atoms with E-state index in [2.05, 4.69) is 143 Å². The Kier molecular flexibility index (Phi) is 5.73. The maximum Gasteiger partial charge on any atom is 0.235 e. The summed E-state index contributed by atoms with van der Waals surface area (Å²) in [7, 11) is 0. The summed E-state index contributed by atoms with van der Waals surface area (Å²) < 4.78 is 4.84. The lowest BCUT2D eigenvalue weighted by Gasteiger charge is -2.17. The summed E-state index contributed by atoms with van der Waals surface area (Å²) in [5, 5.41) is 3.81. The van der Waals surface area contributed by atoms with Gasteiger partial charge in [-0.2, -0.15) is 0 Å². The number of hydrogen-bond donors (Lipinski definition) is 0. The zero-order valence-electron chi connectivity index (χ0n) is 24.3. The van der Waals surface area contributed by atoms with E-state index >= 15 is 0 Å². The number of benzene rings is 5. The van der Waals surface area contributed by atoms with Gasteiger partial charge >= 0.3 is 0 Å². The minimum absolute atomic E-state index is 0.732. The molecule has 0 amide bonds. The summed E-state index contributed by atoms with van der Waals surface area (Å²) >= 11 is 0. The van der Waals surface area contributed by atoms with E-state index in [9.17, 15) is 0 Å². The van der Waals surface area contributed by atoms with Crippen LogP contribution in [0.5, 0.6) is 0 Å². The second-order valence-corrected chi connectivity index (χ2v) is 11.7. The number of hydrogen-bond acceptors (Lipinski definition) is 2. The van der Waals surface area contributed by atoms with Gasteiger partial charge < -0.3 is 4.57 Å². The molecule has 0 fully saturated rings. The Hall–Kier alpha value is -5.48. The van der Waals surface area contributed by atoms with Gasteiger partial charge in [0, 0.05) is 38.7 Å². The number of fused-ring (bicyclic) bond motifs is 7. The molecular formula is C40H30N4. The summed E-state index contributed by atoms with van der Waals surface area (Å²) in [4.78, 5) is 10.7. The molecule has 4 nitrogen and oxygen atoms in total. The molecule has 8 aromatic rings. The summed E-state index contributed by atoms with van der Waals surface area (Å²) in [5.41, 5.74) is 11.6. The molecule has 0 unspecified atom stereocenters. The topological polar surface area (TPSA) is 35.6 Å². The maximum atomic E-state index is 5.34. The highest BCUT2D eigenvalue weighted by Crippen LogP contribution is 2.42. The van der Waals surface area contributed by atoms with E-state index < -0.39 is 0 Å². The fourth-order valence-electron chi connectivity index (χ4n) is 7.19. The lowest BCUT2D eigenvalue weighted by molar-refractivity contribution is 0.662. The van der Waals surface area contributed by atoms with Crippen molar-refractivity contribution in [3.05, 3.63) is 145 Å². The molecule has 0 radical (unpaired) electrons. The van der Waals surface area contributed by atoms with Crippen LogP contribution < -0.4 is 0 Å². The largest absolute Gasteiger partial charge is 0.307 e. The van der Waals surface area contributed by atoms with Crippen LogP contribution in [0.3, 0.4) is 0 Å². The van der Waals surface area contributed by atoms with Crippen molar-refractivity contribution in [3.63, 3.8) is 0 Å². The van der Waals surface area contributed by atoms with E-state index in [4.69, 9.17) is 9.97 Å². The van der Waals surface area contributed by atoms with Crippen molar-refractivity contribution >= 4 is 32.7 Å². The Morgan fingerprint density at radius 1 is 0.477 bits per heavy atom. The van der Waals surface area contributed by atoms with Gasteiger partial charge in [0.05, 0.1) is 27.9 Å². The highest BCUT2D eigenvalue weighted by Gasteiger charge is 2.27. The molecule has 4 heteroatoms. The van der Waals surface area contributed by atoms with Crippen LogP contribution in [0.15, 0.2) is 133 Å². The SMILES string of the molecule is c1ccc(-c2cc(-c3ccccc3)nc(-n3c4c(c5ccc6c7ccccc7n(-c7ccccc7)c6c53)CCCC4)n2)cc1. The number of nitrogens with zero attached hydrogens (tertiary/aromatic N) is 4. The first-order valence-corrected chi connectivity index (χ1v) is 15.5. The average Bonchev–Trinajstić information content (AvgIpc) is 3.62. The molecule has 5 aromatic carbocycles. The van der Waals surface area contributed by atoms with Gasteiger partial charge in [0.15, 0.2) is 0 Å². The smallest absolute Gasteiger partial charge is 0.235 e. The van der Waals surface area contributed by atoms with Crippen LogP contribution >= 0.6 is 0 Å². The molecule has 3 heterocycles. The van der Waals surface area contributed by atoms with E-state index in [-0.39, 0.29) is 0 Å². The van der Waals surface area contributed by atoms with E-state index in [1.165, 1.54) is 50.4 Å². The monoisotopic (exact) mass is 566 g/mol. The van der Waals surface area contributed by atoms with Crippen molar-refractivity contribution < 1.29 is 0 Å². The molecule has 0 bridgehead atoms. The third kappa shape index (κ3) is 3.84. The molecule has 1 aliphatic carbocycles. The lowest BCUT2D eigenvalue weighted by atomic mass is 9.95. The zero-order chi connectivity index (χ0) is 29.0. The van der Waals surface area contributed by atoms with Crippen molar-refractivity contribution in [1.29, 1.82) is 0 Å². The van der Waals surface area contributed by atoms with E-state index in [0.29, 0.717) is 0 Å². The molecule has 44 heavy (non-hydrogen) atoms. The third-order valence-corrected chi connectivity index (χ3v) is 9.14. The van der Waals surface area contributed by atoms with Gasteiger partial charge in [-0.3, -0.25) is 4.57 Å². The van der Waals surface area contributed by atoms with Gasteiger partial charge in [-0.05, 0) is 55.5 Å². The molecule has 9 rings (SSSR count). The first kappa shape index (κ1) is 25.1. The first-order valence-electron chi connectivity index (χ1n) is 15.5. The summed E-state index contributed by atoms with van der Waals surface area (Å²) in [6.07, 6.45) is 4.44. The molecule has 0 atom stereocenters. The predicted molar refractivity (Wildman–Crippen MR) is 181 cm³/mol. The first-order chi connectivity index (χ1) is 21.8. The van der Waals surface area contributed by atoms with Crippen molar-refractivity contribution in [1.82, 2.24) is 19.1 Å². The van der Waals surface area contributed by atoms with Crippen molar-refractivity contribution in [3.8, 4) is 34.2 Å². The fourth-order valence-corrected chi connectivity index (χ4v) is 7.19. The Bertz CT molecular complexity index is 2260. The fraction of sp³-hybridized carbons (Fsp3) is 0.100. The molecule has 0 N–H and O–H groups in total. The second kappa shape index (κ2) is 10.1. The number of aryl methyl sites for hydroxylation is 1. The van der Waals surface area contributed by atoms with Gasteiger partial charge in [-0.25, -0.2) is 9.97 Å². The number of rotatable bonds is 4. The third-order valence-electron chi connectivity index (χ3n) is 9.14. The molecule has 0 saturated heterocycles. The molecule has 1 aliphatic rings. The van der Waals surface area contributed by atoms with Gasteiger partial charge in [0.2, 0.25) is 5.95 Å². The highest BCUT2D eigenvalue weighted by atomic mass is 15.2. The minimum atomic E-state index is 0.732. The van der Waals surface area contributed by atoms with E-state index in [1.54, 1.807) is 0 Å². The zero-order valence-corrected chi connectivity index (χ0v) is 24.3. The molecule has 3 aromatic heterocycles. The Labute approximate surface area is 255 Å². The van der Waals surface area contributed by atoms with E-state index in [0.717, 1.165) is 53.4 Å². The van der Waals surface area contributed by atoms with Crippen molar-refractivity contribution in [2.45, 2.75) is 25.7 Å². The molecule has 0 spiro atoms. The van der Waals surface area contributed by atoms with Crippen LogP contribution in [0.4, 0.5) is 0 Å². The van der Waals surface area contributed by atoms with Crippen LogP contribution in [-0.4, -0.2) is 19.1 Å². The van der Waals surface area contributed by atoms with Crippen LogP contribution in [0.25, 0.3) is 66.9 Å². The predicted octanol–water partition coefficient (Wildman–Crippen LogP) is 9.73. The molecular weight excluding hydrogens is 536 g/mol. The highest BCUT2D eigenvalue weighted by molar-refractivity contribution is 6.18. The van der Waals surface area contributed by atoms with Gasteiger partial charge in [0.25, 0.3) is 0 Å². The lowest BCUT2D eigenvalue weighted by Crippen LogP contribution is -2.11.